The number of phenolic OH excluding ortho intramolecular Hbond substituents is 1. The third-order valence-corrected chi connectivity index (χ3v) is 6.12. The van der Waals surface area contributed by atoms with E-state index in [1.54, 1.807) is 0 Å². The van der Waals surface area contributed by atoms with Crippen LogP contribution in [0.5, 0.6) is 5.75 Å². The molecule has 1 heterocycles. The highest BCUT2D eigenvalue weighted by Gasteiger charge is 2.56. The zero-order valence-electron chi connectivity index (χ0n) is 12.5. The van der Waals surface area contributed by atoms with E-state index in [2.05, 4.69) is 38.8 Å². The topological polar surface area (TPSA) is 23.5 Å². The van der Waals surface area contributed by atoms with Gasteiger partial charge in [-0.25, -0.2) is 0 Å². The lowest BCUT2D eigenvalue weighted by molar-refractivity contribution is -0.0356. The van der Waals surface area contributed by atoms with E-state index in [-0.39, 0.29) is 10.8 Å². The van der Waals surface area contributed by atoms with Crippen molar-refractivity contribution >= 4 is 0 Å². The molecule has 19 heavy (non-hydrogen) atoms. The van der Waals surface area contributed by atoms with Crippen LogP contribution < -0.4 is 0 Å². The molecule has 1 aliphatic heterocycles. The summed E-state index contributed by atoms with van der Waals surface area (Å²) in [6, 6.07) is 6.62. The predicted octanol–water partition coefficient (Wildman–Crippen LogP) is 3.33. The Hall–Kier alpha value is -1.02. The van der Waals surface area contributed by atoms with Crippen LogP contribution >= 0.6 is 0 Å². The van der Waals surface area contributed by atoms with Gasteiger partial charge < -0.3 is 10.0 Å². The number of likely N-dealkylation sites (tertiary alicyclic amines) is 1. The Morgan fingerprint density at radius 1 is 1.37 bits per heavy atom. The first-order valence-corrected chi connectivity index (χ1v) is 7.45. The molecule has 2 unspecified atom stereocenters. The van der Waals surface area contributed by atoms with Crippen LogP contribution in [0, 0.1) is 5.41 Å². The molecule has 2 atom stereocenters. The van der Waals surface area contributed by atoms with E-state index in [4.69, 9.17) is 0 Å². The van der Waals surface area contributed by atoms with Gasteiger partial charge in [-0.05, 0) is 61.5 Å². The fourth-order valence-electron chi connectivity index (χ4n) is 4.83. The molecule has 3 rings (SSSR count). The SMILES string of the molecule is CCC12CCN(C)C(Cc3ccc(O)cc31)C2(C)C. The normalized spacial score (nSPS) is 32.9. The van der Waals surface area contributed by atoms with E-state index in [9.17, 15) is 5.11 Å². The fourth-order valence-corrected chi connectivity index (χ4v) is 4.83. The number of fused-ring (bicyclic) bond motifs is 4. The van der Waals surface area contributed by atoms with E-state index in [0.29, 0.717) is 11.8 Å². The van der Waals surface area contributed by atoms with E-state index >= 15 is 0 Å². The third-order valence-electron chi connectivity index (χ3n) is 6.12. The molecular formula is C17H25NO. The summed E-state index contributed by atoms with van der Waals surface area (Å²) in [7, 11) is 2.26. The number of piperidine rings is 1. The lowest BCUT2D eigenvalue weighted by atomic mass is 9.49. The van der Waals surface area contributed by atoms with Crippen molar-refractivity contribution in [2.24, 2.45) is 5.41 Å². The minimum atomic E-state index is 0.219. The Morgan fingerprint density at radius 2 is 2.11 bits per heavy atom. The highest BCUT2D eigenvalue weighted by Crippen LogP contribution is 2.57. The molecule has 0 amide bonds. The van der Waals surface area contributed by atoms with Crippen molar-refractivity contribution in [2.45, 2.75) is 51.5 Å². The predicted molar refractivity (Wildman–Crippen MR) is 78.6 cm³/mol. The molecule has 104 valence electrons. The molecule has 1 saturated heterocycles. The molecule has 2 heteroatoms. The summed E-state index contributed by atoms with van der Waals surface area (Å²) in [6.45, 7) is 8.31. The fraction of sp³-hybridized carbons (Fsp3) is 0.647. The van der Waals surface area contributed by atoms with Gasteiger partial charge >= 0.3 is 0 Å². The molecule has 1 aromatic rings. The Morgan fingerprint density at radius 3 is 2.79 bits per heavy atom. The molecule has 2 bridgehead atoms. The summed E-state index contributed by atoms with van der Waals surface area (Å²) in [4.78, 5) is 2.53. The quantitative estimate of drug-likeness (QED) is 0.836. The molecule has 0 aromatic heterocycles. The van der Waals surface area contributed by atoms with Crippen LogP contribution in [-0.4, -0.2) is 29.6 Å². The molecule has 1 fully saturated rings. The minimum Gasteiger partial charge on any atom is -0.508 e. The highest BCUT2D eigenvalue weighted by atomic mass is 16.3. The first-order valence-electron chi connectivity index (χ1n) is 7.45. The molecule has 1 aliphatic carbocycles. The van der Waals surface area contributed by atoms with Gasteiger partial charge in [-0.15, -0.1) is 0 Å². The van der Waals surface area contributed by atoms with Crippen molar-refractivity contribution in [3.05, 3.63) is 29.3 Å². The maximum atomic E-state index is 9.91. The second-order valence-electron chi connectivity index (χ2n) is 6.95. The van der Waals surface area contributed by atoms with E-state index in [1.807, 2.05) is 12.1 Å². The number of aromatic hydroxyl groups is 1. The molecule has 1 N–H and O–H groups in total. The average molecular weight is 259 g/mol. The summed E-state index contributed by atoms with van der Waals surface area (Å²) in [5, 5.41) is 9.91. The van der Waals surface area contributed by atoms with Gasteiger partial charge in [-0.1, -0.05) is 26.8 Å². The largest absolute Gasteiger partial charge is 0.508 e. The zero-order chi connectivity index (χ0) is 13.8. The lowest BCUT2D eigenvalue weighted by Gasteiger charge is -2.61. The van der Waals surface area contributed by atoms with Crippen LogP contribution in [0.1, 0.15) is 44.7 Å². The number of nitrogens with zero attached hydrogens (tertiary/aromatic N) is 1. The number of benzene rings is 1. The maximum Gasteiger partial charge on any atom is 0.115 e. The van der Waals surface area contributed by atoms with Crippen molar-refractivity contribution in [3.63, 3.8) is 0 Å². The van der Waals surface area contributed by atoms with E-state index < -0.39 is 0 Å². The van der Waals surface area contributed by atoms with Gasteiger partial charge in [0.05, 0.1) is 0 Å². The van der Waals surface area contributed by atoms with Gasteiger partial charge in [0.15, 0.2) is 0 Å². The first kappa shape index (κ1) is 13.0. The van der Waals surface area contributed by atoms with Crippen molar-refractivity contribution in [2.75, 3.05) is 13.6 Å². The Kier molecular flexibility index (Phi) is 2.72. The standard InChI is InChI=1S/C17H25NO/c1-5-17-8-9-18(4)15(16(17,2)3)10-12-6-7-13(19)11-14(12)17/h6-7,11,15,19H,5,8-10H2,1-4H3. The molecule has 0 saturated carbocycles. The summed E-state index contributed by atoms with van der Waals surface area (Å²) in [5.41, 5.74) is 3.33. The maximum absolute atomic E-state index is 9.91. The monoisotopic (exact) mass is 259 g/mol. The van der Waals surface area contributed by atoms with Crippen molar-refractivity contribution in [1.29, 1.82) is 0 Å². The van der Waals surface area contributed by atoms with Crippen LogP contribution in [0.15, 0.2) is 18.2 Å². The lowest BCUT2D eigenvalue weighted by Crippen LogP contribution is -2.63. The van der Waals surface area contributed by atoms with Gasteiger partial charge in [-0.3, -0.25) is 0 Å². The Bertz CT molecular complexity index is 508. The number of hydrogen-bond acceptors (Lipinski definition) is 2. The van der Waals surface area contributed by atoms with Crippen LogP contribution in [-0.2, 0) is 11.8 Å². The van der Waals surface area contributed by atoms with Gasteiger partial charge in [-0.2, -0.15) is 0 Å². The molecule has 2 nitrogen and oxygen atoms in total. The summed E-state index contributed by atoms with van der Waals surface area (Å²) in [5.74, 6) is 0.416. The summed E-state index contributed by atoms with van der Waals surface area (Å²) < 4.78 is 0. The average Bonchev–Trinajstić information content (AvgIpc) is 2.35. The molecule has 0 radical (unpaired) electrons. The second-order valence-corrected chi connectivity index (χ2v) is 6.95. The van der Waals surface area contributed by atoms with Gasteiger partial charge in [0.2, 0.25) is 0 Å². The van der Waals surface area contributed by atoms with Crippen LogP contribution in [0.3, 0.4) is 0 Å². The molecule has 0 spiro atoms. The van der Waals surface area contributed by atoms with E-state index in [1.165, 1.54) is 17.5 Å². The third kappa shape index (κ3) is 1.53. The first-order chi connectivity index (χ1) is 8.92. The van der Waals surface area contributed by atoms with Crippen LogP contribution in [0.2, 0.25) is 0 Å². The van der Waals surface area contributed by atoms with Crippen molar-refractivity contribution in [1.82, 2.24) is 4.90 Å². The molecular weight excluding hydrogens is 234 g/mol. The van der Waals surface area contributed by atoms with Crippen molar-refractivity contribution in [3.8, 4) is 5.75 Å². The smallest absolute Gasteiger partial charge is 0.115 e. The molecule has 1 aromatic carbocycles. The zero-order valence-corrected chi connectivity index (χ0v) is 12.5. The number of hydrogen-bond donors (Lipinski definition) is 1. The number of phenols is 1. The summed E-state index contributed by atoms with van der Waals surface area (Å²) in [6.07, 6.45) is 3.46. The number of likely N-dealkylation sites (N-methyl/N-ethyl adjacent to an activating group) is 1. The minimum absolute atomic E-state index is 0.219. The Labute approximate surface area is 116 Å². The Balaban J connectivity index is 2.25. The van der Waals surface area contributed by atoms with Gasteiger partial charge in [0.25, 0.3) is 0 Å². The molecule has 2 aliphatic rings. The number of rotatable bonds is 1. The van der Waals surface area contributed by atoms with Crippen molar-refractivity contribution < 1.29 is 5.11 Å². The van der Waals surface area contributed by atoms with Gasteiger partial charge in [0, 0.05) is 11.5 Å². The van der Waals surface area contributed by atoms with Gasteiger partial charge in [0.1, 0.15) is 5.75 Å². The van der Waals surface area contributed by atoms with Crippen LogP contribution in [0.25, 0.3) is 0 Å². The summed E-state index contributed by atoms with van der Waals surface area (Å²) >= 11 is 0. The van der Waals surface area contributed by atoms with Crippen LogP contribution in [0.4, 0.5) is 0 Å². The van der Waals surface area contributed by atoms with E-state index in [0.717, 1.165) is 19.4 Å². The second kappa shape index (κ2) is 3.99. The highest BCUT2D eigenvalue weighted by molar-refractivity contribution is 5.46.